The quantitative estimate of drug-likeness (QED) is 0.753. The van der Waals surface area contributed by atoms with E-state index in [4.69, 9.17) is 11.6 Å². The summed E-state index contributed by atoms with van der Waals surface area (Å²) in [6.07, 6.45) is -0.211. The van der Waals surface area contributed by atoms with Crippen LogP contribution >= 0.6 is 27.5 Å². The molecule has 3 rings (SSSR count). The van der Waals surface area contributed by atoms with Crippen LogP contribution in [-0.2, 0) is 13.5 Å². The molecule has 0 bridgehead atoms. The first-order chi connectivity index (χ1) is 10.1. The Bertz CT molecular complexity index is 800. The Hall–Kier alpha value is -1.36. The van der Waals surface area contributed by atoms with Crippen molar-refractivity contribution in [1.82, 2.24) is 9.78 Å². The molecule has 0 aliphatic rings. The highest BCUT2D eigenvalue weighted by Gasteiger charge is 2.17. The van der Waals surface area contributed by atoms with Crippen molar-refractivity contribution < 1.29 is 5.11 Å². The van der Waals surface area contributed by atoms with Gasteiger partial charge in [0.25, 0.3) is 0 Å². The molecule has 0 radical (unpaired) electrons. The molecular weight excluding hydrogens is 352 g/mol. The van der Waals surface area contributed by atoms with Gasteiger partial charge in [-0.25, -0.2) is 0 Å². The van der Waals surface area contributed by atoms with Gasteiger partial charge in [0.05, 0.1) is 17.3 Å². The summed E-state index contributed by atoms with van der Waals surface area (Å²) in [5.74, 6) is 0. The fourth-order valence-corrected chi connectivity index (χ4v) is 3.19. The molecular formula is C16H14BrClN2O. The molecule has 1 unspecified atom stereocenters. The highest BCUT2D eigenvalue weighted by molar-refractivity contribution is 9.10. The molecule has 0 saturated carbocycles. The van der Waals surface area contributed by atoms with Crippen molar-refractivity contribution in [3.63, 3.8) is 0 Å². The van der Waals surface area contributed by atoms with E-state index < -0.39 is 6.10 Å². The van der Waals surface area contributed by atoms with E-state index in [9.17, 15) is 5.11 Å². The molecule has 5 heteroatoms. The fourth-order valence-electron chi connectivity index (χ4n) is 2.50. The van der Waals surface area contributed by atoms with Crippen LogP contribution in [0.3, 0.4) is 0 Å². The maximum absolute atomic E-state index is 10.5. The SMILES string of the molecule is Cn1nc(CC(O)c2cc(Cl)ccc2Br)c2ccccc21. The van der Waals surface area contributed by atoms with Crippen LogP contribution in [0.25, 0.3) is 10.9 Å². The number of para-hydroxylation sites is 1. The van der Waals surface area contributed by atoms with Crippen LogP contribution in [0.4, 0.5) is 0 Å². The first-order valence-electron chi connectivity index (χ1n) is 6.60. The van der Waals surface area contributed by atoms with E-state index in [-0.39, 0.29) is 0 Å². The molecule has 1 atom stereocenters. The highest BCUT2D eigenvalue weighted by atomic mass is 79.9. The van der Waals surface area contributed by atoms with E-state index >= 15 is 0 Å². The van der Waals surface area contributed by atoms with Crippen LogP contribution in [0.2, 0.25) is 5.02 Å². The standard InChI is InChI=1S/C16H14BrClN2O/c1-20-15-5-3-2-4-11(15)14(19-20)9-16(21)12-8-10(18)6-7-13(12)17/h2-8,16,21H,9H2,1H3. The number of hydrogen-bond donors (Lipinski definition) is 1. The minimum atomic E-state index is -0.656. The second-order valence-electron chi connectivity index (χ2n) is 4.97. The molecule has 2 aromatic carbocycles. The number of aliphatic hydroxyl groups is 1. The van der Waals surface area contributed by atoms with Gasteiger partial charge in [0.1, 0.15) is 0 Å². The lowest BCUT2D eigenvalue weighted by Gasteiger charge is -2.12. The number of nitrogens with zero attached hydrogens (tertiary/aromatic N) is 2. The van der Waals surface area contributed by atoms with E-state index in [0.717, 1.165) is 26.6 Å². The van der Waals surface area contributed by atoms with Crippen molar-refractivity contribution in [2.45, 2.75) is 12.5 Å². The molecule has 0 spiro atoms. The molecule has 0 amide bonds. The average Bonchev–Trinajstić information content (AvgIpc) is 2.78. The predicted molar refractivity (Wildman–Crippen MR) is 88.5 cm³/mol. The summed E-state index contributed by atoms with van der Waals surface area (Å²) in [6.45, 7) is 0. The van der Waals surface area contributed by atoms with E-state index in [0.29, 0.717) is 11.4 Å². The molecule has 0 fully saturated rings. The van der Waals surface area contributed by atoms with E-state index in [1.165, 1.54) is 0 Å². The molecule has 108 valence electrons. The average molecular weight is 366 g/mol. The Morgan fingerprint density at radius 1 is 1.29 bits per heavy atom. The Morgan fingerprint density at radius 3 is 2.86 bits per heavy atom. The van der Waals surface area contributed by atoms with Gasteiger partial charge in [-0.05, 0) is 29.8 Å². The summed E-state index contributed by atoms with van der Waals surface area (Å²) in [4.78, 5) is 0. The second-order valence-corrected chi connectivity index (χ2v) is 6.26. The third-order valence-electron chi connectivity index (χ3n) is 3.54. The molecule has 0 aliphatic heterocycles. The van der Waals surface area contributed by atoms with Gasteiger partial charge in [0.15, 0.2) is 0 Å². The van der Waals surface area contributed by atoms with Gasteiger partial charge >= 0.3 is 0 Å². The van der Waals surface area contributed by atoms with Crippen LogP contribution in [0.15, 0.2) is 46.9 Å². The van der Waals surface area contributed by atoms with Crippen LogP contribution < -0.4 is 0 Å². The van der Waals surface area contributed by atoms with E-state index in [1.807, 2.05) is 42.1 Å². The lowest BCUT2D eigenvalue weighted by Crippen LogP contribution is -2.04. The Balaban J connectivity index is 1.96. The zero-order valence-corrected chi connectivity index (χ0v) is 13.8. The number of halogens is 2. The zero-order chi connectivity index (χ0) is 15.0. The number of aromatic nitrogens is 2. The van der Waals surface area contributed by atoms with Crippen molar-refractivity contribution in [3.05, 3.63) is 63.2 Å². The van der Waals surface area contributed by atoms with Gasteiger partial charge in [-0.1, -0.05) is 45.7 Å². The van der Waals surface area contributed by atoms with Gasteiger partial charge in [0.2, 0.25) is 0 Å². The molecule has 0 saturated heterocycles. The minimum Gasteiger partial charge on any atom is -0.388 e. The van der Waals surface area contributed by atoms with Gasteiger partial charge in [0, 0.05) is 28.4 Å². The molecule has 3 nitrogen and oxygen atoms in total. The highest BCUT2D eigenvalue weighted by Crippen LogP contribution is 2.30. The van der Waals surface area contributed by atoms with Gasteiger partial charge in [-0.2, -0.15) is 5.10 Å². The third-order valence-corrected chi connectivity index (χ3v) is 4.50. The third kappa shape index (κ3) is 2.84. The number of benzene rings is 2. The molecule has 3 aromatic rings. The van der Waals surface area contributed by atoms with Crippen molar-refractivity contribution in [2.24, 2.45) is 7.05 Å². The van der Waals surface area contributed by atoms with Gasteiger partial charge in [-0.3, -0.25) is 4.68 Å². The summed E-state index contributed by atoms with van der Waals surface area (Å²) in [6, 6.07) is 13.4. The van der Waals surface area contributed by atoms with E-state index in [2.05, 4.69) is 21.0 Å². The molecule has 0 aliphatic carbocycles. The van der Waals surface area contributed by atoms with Crippen LogP contribution in [0.5, 0.6) is 0 Å². The minimum absolute atomic E-state index is 0.445. The second kappa shape index (κ2) is 5.79. The lowest BCUT2D eigenvalue weighted by molar-refractivity contribution is 0.176. The summed E-state index contributed by atoms with van der Waals surface area (Å²) < 4.78 is 2.68. The summed E-state index contributed by atoms with van der Waals surface area (Å²) in [5.41, 5.74) is 2.72. The van der Waals surface area contributed by atoms with Crippen molar-refractivity contribution in [3.8, 4) is 0 Å². The number of hydrogen-bond acceptors (Lipinski definition) is 2. The van der Waals surface area contributed by atoms with Crippen molar-refractivity contribution in [1.29, 1.82) is 0 Å². The van der Waals surface area contributed by atoms with Crippen LogP contribution in [0, 0.1) is 0 Å². The maximum atomic E-state index is 10.5. The zero-order valence-electron chi connectivity index (χ0n) is 11.4. The van der Waals surface area contributed by atoms with E-state index in [1.54, 1.807) is 12.1 Å². The number of rotatable bonds is 3. The normalized spacial score (nSPS) is 12.8. The van der Waals surface area contributed by atoms with Gasteiger partial charge < -0.3 is 5.11 Å². The van der Waals surface area contributed by atoms with Crippen molar-refractivity contribution >= 4 is 38.4 Å². The molecule has 1 heterocycles. The topological polar surface area (TPSA) is 38.0 Å². The Kier molecular flexibility index (Phi) is 4.02. The Morgan fingerprint density at radius 2 is 2.05 bits per heavy atom. The molecule has 1 N–H and O–H groups in total. The number of aliphatic hydroxyl groups excluding tert-OH is 1. The smallest absolute Gasteiger partial charge is 0.0857 e. The monoisotopic (exact) mass is 364 g/mol. The first-order valence-corrected chi connectivity index (χ1v) is 7.77. The maximum Gasteiger partial charge on any atom is 0.0857 e. The summed E-state index contributed by atoms with van der Waals surface area (Å²) in [7, 11) is 1.91. The predicted octanol–water partition coefficient (Wildman–Crippen LogP) is 4.27. The largest absolute Gasteiger partial charge is 0.388 e. The molecule has 21 heavy (non-hydrogen) atoms. The van der Waals surface area contributed by atoms with Crippen LogP contribution in [0.1, 0.15) is 17.4 Å². The first kappa shape index (κ1) is 14.6. The number of fused-ring (bicyclic) bond motifs is 1. The molecule has 1 aromatic heterocycles. The van der Waals surface area contributed by atoms with Crippen molar-refractivity contribution in [2.75, 3.05) is 0 Å². The number of aryl methyl sites for hydroxylation is 1. The van der Waals surface area contributed by atoms with Gasteiger partial charge in [-0.15, -0.1) is 0 Å². The fraction of sp³-hybridized carbons (Fsp3) is 0.188. The summed E-state index contributed by atoms with van der Waals surface area (Å²) in [5, 5.41) is 16.7. The van der Waals surface area contributed by atoms with Crippen LogP contribution in [-0.4, -0.2) is 14.9 Å². The Labute approximate surface area is 136 Å². The lowest BCUT2D eigenvalue weighted by atomic mass is 10.0. The summed E-state index contributed by atoms with van der Waals surface area (Å²) >= 11 is 9.47.